The van der Waals surface area contributed by atoms with Crippen LogP contribution in [0.3, 0.4) is 0 Å². The van der Waals surface area contributed by atoms with Gasteiger partial charge in [-0.3, -0.25) is 0 Å². The monoisotopic (exact) mass is 365 g/mol. The van der Waals surface area contributed by atoms with E-state index in [1.165, 1.54) is 12.1 Å². The molecule has 0 unspecified atom stereocenters. The van der Waals surface area contributed by atoms with Gasteiger partial charge in [-0.15, -0.1) is 0 Å². The van der Waals surface area contributed by atoms with Crippen LogP contribution in [0.2, 0.25) is 0 Å². The first-order chi connectivity index (χ1) is 12.0. The molecule has 0 bridgehead atoms. The average Bonchev–Trinajstić information content (AvgIpc) is 3.09. The Morgan fingerprint density at radius 2 is 1.84 bits per heavy atom. The van der Waals surface area contributed by atoms with Gasteiger partial charge in [0.05, 0.1) is 19.1 Å². The average molecular weight is 365 g/mol. The molecule has 2 aromatic carbocycles. The largest absolute Gasteiger partial charge is 0.497 e. The van der Waals surface area contributed by atoms with Crippen LogP contribution in [0.4, 0.5) is 0 Å². The van der Waals surface area contributed by atoms with E-state index in [1.54, 1.807) is 26.4 Å². The molecular formula is C17H19NO6S. The lowest BCUT2D eigenvalue weighted by molar-refractivity contribution is 0.174. The summed E-state index contributed by atoms with van der Waals surface area (Å²) in [7, 11) is -0.494. The summed E-state index contributed by atoms with van der Waals surface area (Å²) in [5.41, 5.74) is 0.886. The zero-order chi connectivity index (χ0) is 17.9. The quantitative estimate of drug-likeness (QED) is 0.808. The lowest BCUT2D eigenvalue weighted by Crippen LogP contribution is -2.26. The van der Waals surface area contributed by atoms with E-state index >= 15 is 0 Å². The number of benzene rings is 2. The van der Waals surface area contributed by atoms with E-state index < -0.39 is 10.0 Å². The Morgan fingerprint density at radius 3 is 2.60 bits per heavy atom. The van der Waals surface area contributed by atoms with Gasteiger partial charge in [0.25, 0.3) is 0 Å². The second-order valence-corrected chi connectivity index (χ2v) is 7.11. The summed E-state index contributed by atoms with van der Waals surface area (Å²) in [6.45, 7) is 0.336. The summed E-state index contributed by atoms with van der Waals surface area (Å²) in [4.78, 5) is 0.137. The van der Waals surface area contributed by atoms with Crippen molar-refractivity contribution in [1.82, 2.24) is 4.72 Å². The van der Waals surface area contributed by atoms with Crippen LogP contribution in [-0.2, 0) is 16.4 Å². The molecule has 3 rings (SSSR count). The molecule has 1 aliphatic heterocycles. The van der Waals surface area contributed by atoms with Gasteiger partial charge in [-0.25, -0.2) is 13.1 Å². The highest BCUT2D eigenvalue weighted by Crippen LogP contribution is 2.33. The molecule has 1 aliphatic rings. The van der Waals surface area contributed by atoms with Gasteiger partial charge in [0.2, 0.25) is 16.8 Å². The van der Waals surface area contributed by atoms with Gasteiger partial charge < -0.3 is 18.9 Å². The molecule has 0 saturated carbocycles. The van der Waals surface area contributed by atoms with Crippen molar-refractivity contribution < 1.29 is 27.4 Å². The molecule has 0 fully saturated rings. The fourth-order valence-electron chi connectivity index (χ4n) is 2.51. The molecule has 1 heterocycles. The number of fused-ring (bicyclic) bond motifs is 1. The molecule has 8 heteroatoms. The van der Waals surface area contributed by atoms with E-state index in [2.05, 4.69) is 4.72 Å². The topological polar surface area (TPSA) is 83.1 Å². The third-order valence-corrected chi connectivity index (χ3v) is 5.29. The Hall–Kier alpha value is -2.45. The number of methoxy groups -OCH3 is 2. The molecule has 0 atom stereocenters. The van der Waals surface area contributed by atoms with E-state index in [1.807, 2.05) is 12.1 Å². The van der Waals surface area contributed by atoms with Crippen LogP contribution in [0.15, 0.2) is 41.3 Å². The number of hydrogen-bond acceptors (Lipinski definition) is 6. The van der Waals surface area contributed by atoms with Crippen LogP contribution in [-0.4, -0.2) is 36.0 Å². The second-order valence-electron chi connectivity index (χ2n) is 5.34. The Labute approximate surface area is 146 Å². The van der Waals surface area contributed by atoms with Crippen LogP contribution in [0.5, 0.6) is 23.0 Å². The van der Waals surface area contributed by atoms with Crippen LogP contribution in [0.25, 0.3) is 0 Å². The van der Waals surface area contributed by atoms with Gasteiger partial charge in [-0.1, -0.05) is 6.07 Å². The van der Waals surface area contributed by atoms with E-state index in [9.17, 15) is 8.42 Å². The third-order valence-electron chi connectivity index (χ3n) is 3.83. The van der Waals surface area contributed by atoms with E-state index in [-0.39, 0.29) is 18.2 Å². The predicted molar refractivity (Wildman–Crippen MR) is 91.0 cm³/mol. The van der Waals surface area contributed by atoms with Crippen molar-refractivity contribution in [2.75, 3.05) is 27.6 Å². The molecule has 1 N–H and O–H groups in total. The summed E-state index contributed by atoms with van der Waals surface area (Å²) >= 11 is 0. The molecule has 0 aromatic heterocycles. The summed E-state index contributed by atoms with van der Waals surface area (Å²) in [6, 6.07) is 9.96. The van der Waals surface area contributed by atoms with Gasteiger partial charge in [0.1, 0.15) is 11.5 Å². The van der Waals surface area contributed by atoms with E-state index in [0.717, 1.165) is 5.56 Å². The molecule has 0 saturated heterocycles. The summed E-state index contributed by atoms with van der Waals surface area (Å²) in [5, 5.41) is 0. The van der Waals surface area contributed by atoms with E-state index in [0.29, 0.717) is 29.4 Å². The fourth-order valence-corrected chi connectivity index (χ4v) is 3.55. The van der Waals surface area contributed by atoms with Gasteiger partial charge in [-0.05, 0) is 30.2 Å². The van der Waals surface area contributed by atoms with Crippen LogP contribution in [0.1, 0.15) is 5.56 Å². The van der Waals surface area contributed by atoms with Crippen molar-refractivity contribution >= 4 is 10.0 Å². The standard InChI is InChI=1S/C17H19NO6S/c1-21-13-4-3-12(16(9-13)22-2)7-8-18-25(19,20)14-5-6-15-17(10-14)24-11-23-15/h3-6,9-10,18H,7-8,11H2,1-2H3. The Balaban J connectivity index is 1.67. The molecule has 7 nitrogen and oxygen atoms in total. The second kappa shape index (κ2) is 7.20. The molecular weight excluding hydrogens is 346 g/mol. The van der Waals surface area contributed by atoms with Crippen LogP contribution in [0, 0.1) is 0 Å². The third kappa shape index (κ3) is 3.80. The summed E-state index contributed by atoms with van der Waals surface area (Å²) < 4.78 is 48.3. The van der Waals surface area contributed by atoms with Gasteiger partial charge in [0, 0.05) is 18.7 Å². The van der Waals surface area contributed by atoms with Crippen LogP contribution < -0.4 is 23.7 Å². The molecule has 0 aliphatic carbocycles. The summed E-state index contributed by atoms with van der Waals surface area (Å²) in [6.07, 6.45) is 0.483. The number of rotatable bonds is 7. The highest BCUT2D eigenvalue weighted by Gasteiger charge is 2.20. The van der Waals surface area contributed by atoms with Crippen molar-refractivity contribution in [3.05, 3.63) is 42.0 Å². The number of hydrogen-bond donors (Lipinski definition) is 1. The minimum absolute atomic E-state index is 0.101. The molecule has 0 radical (unpaired) electrons. The van der Waals surface area contributed by atoms with Crippen molar-refractivity contribution in [1.29, 1.82) is 0 Å². The normalized spacial score (nSPS) is 12.9. The summed E-state index contributed by atoms with van der Waals surface area (Å²) in [5.74, 6) is 2.31. The number of ether oxygens (including phenoxy) is 4. The predicted octanol–water partition coefficient (Wildman–Crippen LogP) is 1.95. The molecule has 134 valence electrons. The van der Waals surface area contributed by atoms with Crippen molar-refractivity contribution in [2.45, 2.75) is 11.3 Å². The van der Waals surface area contributed by atoms with Crippen molar-refractivity contribution in [3.63, 3.8) is 0 Å². The smallest absolute Gasteiger partial charge is 0.240 e. The Bertz CT molecular complexity index is 865. The minimum atomic E-state index is -3.64. The minimum Gasteiger partial charge on any atom is -0.497 e. The van der Waals surface area contributed by atoms with Gasteiger partial charge in [-0.2, -0.15) is 0 Å². The Kier molecular flexibility index (Phi) is 5.00. The van der Waals surface area contributed by atoms with Crippen molar-refractivity contribution in [2.24, 2.45) is 0 Å². The zero-order valence-corrected chi connectivity index (χ0v) is 14.8. The molecule has 2 aromatic rings. The lowest BCUT2D eigenvalue weighted by atomic mass is 10.1. The maximum absolute atomic E-state index is 12.4. The fraction of sp³-hybridized carbons (Fsp3) is 0.294. The maximum Gasteiger partial charge on any atom is 0.240 e. The zero-order valence-electron chi connectivity index (χ0n) is 13.9. The number of sulfonamides is 1. The SMILES string of the molecule is COc1ccc(CCNS(=O)(=O)c2ccc3c(c2)OCO3)c(OC)c1. The van der Waals surface area contributed by atoms with Gasteiger partial charge in [0.15, 0.2) is 11.5 Å². The Morgan fingerprint density at radius 1 is 1.04 bits per heavy atom. The first-order valence-corrected chi connectivity index (χ1v) is 9.12. The lowest BCUT2D eigenvalue weighted by Gasteiger charge is -2.11. The molecule has 0 spiro atoms. The molecule has 0 amide bonds. The highest BCUT2D eigenvalue weighted by molar-refractivity contribution is 7.89. The van der Waals surface area contributed by atoms with Crippen LogP contribution >= 0.6 is 0 Å². The molecule has 25 heavy (non-hydrogen) atoms. The van der Waals surface area contributed by atoms with Crippen molar-refractivity contribution in [3.8, 4) is 23.0 Å². The first kappa shape index (κ1) is 17.4. The maximum atomic E-state index is 12.4. The number of nitrogens with one attached hydrogen (secondary N) is 1. The van der Waals surface area contributed by atoms with Gasteiger partial charge >= 0.3 is 0 Å². The highest BCUT2D eigenvalue weighted by atomic mass is 32.2. The first-order valence-electron chi connectivity index (χ1n) is 7.64. The van der Waals surface area contributed by atoms with E-state index in [4.69, 9.17) is 18.9 Å².